The van der Waals surface area contributed by atoms with Crippen molar-refractivity contribution in [3.63, 3.8) is 0 Å². The van der Waals surface area contributed by atoms with Crippen molar-refractivity contribution in [3.8, 4) is 0 Å². The first-order chi connectivity index (χ1) is 8.82. The Morgan fingerprint density at radius 1 is 1.37 bits per heavy atom. The Morgan fingerprint density at radius 3 is 2.47 bits per heavy atom. The molecule has 0 unspecified atom stereocenters. The van der Waals surface area contributed by atoms with Crippen molar-refractivity contribution in [1.29, 1.82) is 0 Å². The molecule has 0 radical (unpaired) electrons. The normalized spacial score (nSPS) is 12.4. The molecule has 0 saturated carbocycles. The third-order valence-electron chi connectivity index (χ3n) is 2.69. The molecular weight excluding hydrogens is 350 g/mol. The average Bonchev–Trinajstić information content (AvgIpc) is 2.35. The second kappa shape index (κ2) is 7.07. The van der Waals surface area contributed by atoms with E-state index in [0.29, 0.717) is 23.4 Å². The second-order valence-electron chi connectivity index (χ2n) is 4.75. The molecule has 0 aliphatic rings. The van der Waals surface area contributed by atoms with Crippen molar-refractivity contribution in [2.24, 2.45) is 5.92 Å². The summed E-state index contributed by atoms with van der Waals surface area (Å²) in [7, 11) is -3.48. The fourth-order valence-corrected chi connectivity index (χ4v) is 4.53. The summed E-state index contributed by atoms with van der Waals surface area (Å²) in [4.78, 5) is 0.285. The van der Waals surface area contributed by atoms with Crippen molar-refractivity contribution in [1.82, 2.24) is 4.31 Å². The van der Waals surface area contributed by atoms with E-state index >= 15 is 0 Å². The van der Waals surface area contributed by atoms with Crippen LogP contribution in [0.2, 0.25) is 0 Å². The Hall–Kier alpha value is -0.100. The lowest BCUT2D eigenvalue weighted by Crippen LogP contribution is -2.34. The maximum atomic E-state index is 12.6. The van der Waals surface area contributed by atoms with Gasteiger partial charge < -0.3 is 0 Å². The molecular formula is C13H19BrClNO2S. The molecule has 0 N–H and O–H groups in total. The molecule has 0 fully saturated rings. The van der Waals surface area contributed by atoms with Gasteiger partial charge in [0.2, 0.25) is 10.0 Å². The summed E-state index contributed by atoms with van der Waals surface area (Å²) in [6.45, 7) is 6.82. The predicted octanol–water partition coefficient (Wildman–Crippen LogP) is 3.85. The molecule has 1 aromatic carbocycles. The molecule has 0 heterocycles. The van der Waals surface area contributed by atoms with Crippen molar-refractivity contribution < 1.29 is 8.42 Å². The van der Waals surface area contributed by atoms with Crippen LogP contribution in [0.1, 0.15) is 26.3 Å². The molecule has 3 nitrogen and oxygen atoms in total. The zero-order chi connectivity index (χ0) is 14.6. The lowest BCUT2D eigenvalue weighted by molar-refractivity contribution is 0.380. The molecule has 0 bridgehead atoms. The Bertz CT molecular complexity index is 531. The molecule has 0 aliphatic carbocycles. The molecule has 0 aliphatic heterocycles. The van der Waals surface area contributed by atoms with Gasteiger partial charge in [-0.25, -0.2) is 8.42 Å². The summed E-state index contributed by atoms with van der Waals surface area (Å²) in [5.74, 6) is 0.580. The molecule has 6 heteroatoms. The van der Waals surface area contributed by atoms with Crippen molar-refractivity contribution in [2.75, 3.05) is 13.1 Å². The van der Waals surface area contributed by atoms with Crippen LogP contribution < -0.4 is 0 Å². The Morgan fingerprint density at radius 2 is 2.00 bits per heavy atom. The van der Waals surface area contributed by atoms with Crippen LogP contribution in [0.25, 0.3) is 0 Å². The van der Waals surface area contributed by atoms with Crippen LogP contribution in [-0.2, 0) is 15.9 Å². The van der Waals surface area contributed by atoms with Gasteiger partial charge in [0, 0.05) is 23.4 Å². The van der Waals surface area contributed by atoms with Crippen LogP contribution >= 0.6 is 27.5 Å². The van der Waals surface area contributed by atoms with Gasteiger partial charge in [-0.1, -0.05) is 26.8 Å². The molecule has 0 aromatic heterocycles. The summed E-state index contributed by atoms with van der Waals surface area (Å²) in [6.07, 6.45) is 0. The van der Waals surface area contributed by atoms with Crippen LogP contribution in [0.15, 0.2) is 27.6 Å². The van der Waals surface area contributed by atoms with Crippen LogP contribution in [0, 0.1) is 5.92 Å². The molecule has 0 saturated heterocycles. The first-order valence-corrected chi connectivity index (χ1v) is 8.94. The third-order valence-corrected chi connectivity index (χ3v) is 5.93. The highest BCUT2D eigenvalue weighted by atomic mass is 79.9. The standard InChI is InChI=1S/C13H19BrClNO2S/c1-4-16(9-10(2)3)19(17,18)13-7-11(8-15)5-6-12(13)14/h5-7,10H,4,8-9H2,1-3H3. The molecule has 0 spiro atoms. The minimum absolute atomic E-state index is 0.282. The number of sulfonamides is 1. The molecule has 1 aromatic rings. The number of alkyl halides is 1. The van der Waals surface area contributed by atoms with E-state index in [1.165, 1.54) is 4.31 Å². The summed E-state index contributed by atoms with van der Waals surface area (Å²) in [6, 6.07) is 5.18. The number of halogens is 2. The maximum absolute atomic E-state index is 12.6. The summed E-state index contributed by atoms with van der Waals surface area (Å²) in [5.41, 5.74) is 0.795. The lowest BCUT2D eigenvalue weighted by atomic mass is 10.2. The number of hydrogen-bond donors (Lipinski definition) is 0. The van der Waals surface area contributed by atoms with E-state index in [-0.39, 0.29) is 10.8 Å². The lowest BCUT2D eigenvalue weighted by Gasteiger charge is -2.23. The van der Waals surface area contributed by atoms with Gasteiger partial charge in [-0.3, -0.25) is 0 Å². The predicted molar refractivity (Wildman–Crippen MR) is 83.0 cm³/mol. The van der Waals surface area contributed by atoms with E-state index in [2.05, 4.69) is 15.9 Å². The topological polar surface area (TPSA) is 37.4 Å². The van der Waals surface area contributed by atoms with E-state index in [4.69, 9.17) is 11.6 Å². The zero-order valence-electron chi connectivity index (χ0n) is 11.4. The van der Waals surface area contributed by atoms with E-state index in [1.807, 2.05) is 26.8 Å². The molecule has 19 heavy (non-hydrogen) atoms. The SMILES string of the molecule is CCN(CC(C)C)S(=O)(=O)c1cc(CCl)ccc1Br. The van der Waals surface area contributed by atoms with Gasteiger partial charge in [0.1, 0.15) is 0 Å². The zero-order valence-corrected chi connectivity index (χ0v) is 14.5. The Labute approximate surface area is 129 Å². The summed E-state index contributed by atoms with van der Waals surface area (Å²) in [5, 5.41) is 0. The maximum Gasteiger partial charge on any atom is 0.244 e. The fourth-order valence-electron chi connectivity index (χ4n) is 1.77. The van der Waals surface area contributed by atoms with E-state index in [0.717, 1.165) is 5.56 Å². The summed E-state index contributed by atoms with van der Waals surface area (Å²) < 4.78 is 27.3. The van der Waals surface area contributed by atoms with Crippen LogP contribution in [0.5, 0.6) is 0 Å². The van der Waals surface area contributed by atoms with E-state index in [1.54, 1.807) is 12.1 Å². The molecule has 0 atom stereocenters. The number of rotatable bonds is 6. The first-order valence-electron chi connectivity index (χ1n) is 6.17. The monoisotopic (exact) mass is 367 g/mol. The molecule has 108 valence electrons. The Balaban J connectivity index is 3.24. The van der Waals surface area contributed by atoms with Crippen LogP contribution in [0.4, 0.5) is 0 Å². The van der Waals surface area contributed by atoms with Gasteiger partial charge in [0.15, 0.2) is 0 Å². The van der Waals surface area contributed by atoms with Gasteiger partial charge >= 0.3 is 0 Å². The van der Waals surface area contributed by atoms with Gasteiger partial charge in [-0.05, 0) is 39.5 Å². The molecule has 0 amide bonds. The highest BCUT2D eigenvalue weighted by molar-refractivity contribution is 9.10. The smallest absolute Gasteiger partial charge is 0.207 e. The van der Waals surface area contributed by atoms with Crippen molar-refractivity contribution in [2.45, 2.75) is 31.5 Å². The number of hydrogen-bond acceptors (Lipinski definition) is 2. The van der Waals surface area contributed by atoms with Crippen LogP contribution in [0.3, 0.4) is 0 Å². The molecule has 1 rings (SSSR count). The van der Waals surface area contributed by atoms with E-state index < -0.39 is 10.0 Å². The van der Waals surface area contributed by atoms with Gasteiger partial charge in [0.25, 0.3) is 0 Å². The average molecular weight is 369 g/mol. The summed E-state index contributed by atoms with van der Waals surface area (Å²) >= 11 is 9.09. The third kappa shape index (κ3) is 4.18. The van der Waals surface area contributed by atoms with Crippen molar-refractivity contribution in [3.05, 3.63) is 28.2 Å². The minimum atomic E-state index is -3.48. The Kier molecular flexibility index (Phi) is 6.30. The fraction of sp³-hybridized carbons (Fsp3) is 0.538. The second-order valence-corrected chi connectivity index (χ2v) is 7.78. The number of nitrogens with zero attached hydrogens (tertiary/aromatic N) is 1. The van der Waals surface area contributed by atoms with Crippen LogP contribution in [-0.4, -0.2) is 25.8 Å². The largest absolute Gasteiger partial charge is 0.244 e. The highest BCUT2D eigenvalue weighted by Gasteiger charge is 2.26. The van der Waals surface area contributed by atoms with Gasteiger partial charge in [0.05, 0.1) is 4.90 Å². The number of benzene rings is 1. The quantitative estimate of drug-likeness (QED) is 0.715. The van der Waals surface area contributed by atoms with Crippen molar-refractivity contribution >= 4 is 37.6 Å². The van der Waals surface area contributed by atoms with Gasteiger partial charge in [-0.2, -0.15) is 4.31 Å². The highest BCUT2D eigenvalue weighted by Crippen LogP contribution is 2.27. The van der Waals surface area contributed by atoms with Gasteiger partial charge in [-0.15, -0.1) is 11.6 Å². The minimum Gasteiger partial charge on any atom is -0.207 e. The first kappa shape index (κ1) is 17.0. The van der Waals surface area contributed by atoms with E-state index in [9.17, 15) is 8.42 Å².